The molecule has 0 amide bonds. The van der Waals surface area contributed by atoms with E-state index in [-0.39, 0.29) is 10.9 Å². The average Bonchev–Trinajstić information content (AvgIpc) is 2.67. The van der Waals surface area contributed by atoms with Crippen LogP contribution < -0.4 is 0 Å². The molecule has 1 aliphatic rings. The van der Waals surface area contributed by atoms with E-state index in [1.807, 2.05) is 58.9 Å². The third-order valence-corrected chi connectivity index (χ3v) is 5.49. The van der Waals surface area contributed by atoms with Crippen LogP contribution in [0, 0.1) is 6.92 Å². The molecule has 0 saturated carbocycles. The highest BCUT2D eigenvalue weighted by Gasteiger charge is 2.52. The van der Waals surface area contributed by atoms with E-state index in [2.05, 4.69) is 0 Å². The predicted octanol–water partition coefficient (Wildman–Crippen LogP) is 4.00. The Balaban J connectivity index is 2.37. The molecule has 1 heterocycles. The lowest BCUT2D eigenvalue weighted by atomic mass is 9.78. The molecule has 0 radical (unpaired) electrons. The molecule has 4 nitrogen and oxygen atoms in total. The summed E-state index contributed by atoms with van der Waals surface area (Å²) in [4.78, 5) is 11.4. The number of aryl methyl sites for hydroxylation is 1. The van der Waals surface area contributed by atoms with Crippen LogP contribution >= 0.6 is 11.8 Å². The van der Waals surface area contributed by atoms with Crippen molar-refractivity contribution >= 4 is 30.1 Å². The summed E-state index contributed by atoms with van der Waals surface area (Å²) in [5.41, 5.74) is 1.42. The number of carbonyl (C=O) groups is 1. The zero-order valence-electron chi connectivity index (χ0n) is 15.2. The zero-order chi connectivity index (χ0) is 18.1. The van der Waals surface area contributed by atoms with Gasteiger partial charge in [-0.05, 0) is 45.7 Å². The molecule has 0 bridgehead atoms. The lowest BCUT2D eigenvalue weighted by molar-refractivity contribution is -0.109. The Morgan fingerprint density at radius 1 is 1.25 bits per heavy atom. The van der Waals surface area contributed by atoms with Gasteiger partial charge in [-0.2, -0.15) is 0 Å². The maximum absolute atomic E-state index is 11.4. The van der Waals surface area contributed by atoms with Gasteiger partial charge in [-0.1, -0.05) is 36.0 Å². The molecule has 130 valence electrons. The summed E-state index contributed by atoms with van der Waals surface area (Å²) in [5, 5.41) is 10.3. The van der Waals surface area contributed by atoms with Crippen LogP contribution in [0.25, 0.3) is 6.08 Å². The standard InChI is InChI=1S/C18H25BO4S/c1-12-8-7-9-14(16(12)21)10-15(11-24-13(2)20)19-22-17(3,4)18(5,6)23-19/h7-10,21H,11H2,1-6H3. The summed E-state index contributed by atoms with van der Waals surface area (Å²) in [6, 6.07) is 5.58. The second kappa shape index (κ2) is 6.94. The topological polar surface area (TPSA) is 55.8 Å². The minimum Gasteiger partial charge on any atom is -0.507 e. The van der Waals surface area contributed by atoms with Crippen LogP contribution in [0.5, 0.6) is 5.75 Å². The first-order chi connectivity index (χ1) is 11.0. The number of aromatic hydroxyl groups is 1. The SMILES string of the molecule is CC(=O)SCC(=Cc1cccc(C)c1O)B1OC(C)(C)C(C)(C)O1. The zero-order valence-corrected chi connectivity index (χ0v) is 16.0. The Labute approximate surface area is 148 Å². The Hall–Kier alpha value is -1.24. The Bertz CT molecular complexity index is 651. The van der Waals surface area contributed by atoms with E-state index >= 15 is 0 Å². The number of carbonyl (C=O) groups excluding carboxylic acids is 1. The molecule has 0 spiro atoms. The molecule has 1 saturated heterocycles. The fourth-order valence-corrected chi connectivity index (χ4v) is 2.94. The molecule has 1 aromatic rings. The summed E-state index contributed by atoms with van der Waals surface area (Å²) < 4.78 is 12.2. The van der Waals surface area contributed by atoms with Crippen molar-refractivity contribution in [2.75, 3.05) is 5.75 Å². The van der Waals surface area contributed by atoms with Crippen LogP contribution in [0.4, 0.5) is 0 Å². The summed E-state index contributed by atoms with van der Waals surface area (Å²) in [6.07, 6.45) is 1.86. The molecule has 6 heteroatoms. The number of hydrogen-bond acceptors (Lipinski definition) is 5. The molecule has 1 aromatic carbocycles. The largest absolute Gasteiger partial charge is 0.507 e. The molecule has 1 fully saturated rings. The van der Waals surface area contributed by atoms with Gasteiger partial charge in [0.2, 0.25) is 0 Å². The minimum atomic E-state index is -0.540. The van der Waals surface area contributed by atoms with Gasteiger partial charge in [0.1, 0.15) is 5.75 Å². The Morgan fingerprint density at radius 3 is 2.38 bits per heavy atom. The monoisotopic (exact) mass is 348 g/mol. The van der Waals surface area contributed by atoms with E-state index in [1.165, 1.54) is 18.7 Å². The fraction of sp³-hybridized carbons (Fsp3) is 0.500. The lowest BCUT2D eigenvalue weighted by Crippen LogP contribution is -2.41. The van der Waals surface area contributed by atoms with Crippen LogP contribution in [0.3, 0.4) is 0 Å². The average molecular weight is 348 g/mol. The highest BCUT2D eigenvalue weighted by Crippen LogP contribution is 2.39. The number of rotatable bonds is 4. The maximum Gasteiger partial charge on any atom is 0.491 e. The van der Waals surface area contributed by atoms with Crippen molar-refractivity contribution in [2.24, 2.45) is 0 Å². The molecule has 0 aromatic heterocycles. The Morgan fingerprint density at radius 2 is 1.83 bits per heavy atom. The first-order valence-corrected chi connectivity index (χ1v) is 9.00. The second-order valence-electron chi connectivity index (χ2n) is 7.10. The van der Waals surface area contributed by atoms with E-state index in [0.717, 1.165) is 11.0 Å². The lowest BCUT2D eigenvalue weighted by Gasteiger charge is -2.32. The summed E-state index contributed by atoms with van der Waals surface area (Å²) in [6.45, 7) is 11.4. The highest BCUT2D eigenvalue weighted by molar-refractivity contribution is 8.13. The molecule has 24 heavy (non-hydrogen) atoms. The molecule has 1 N–H and O–H groups in total. The number of thioether (sulfide) groups is 1. The van der Waals surface area contributed by atoms with Gasteiger partial charge >= 0.3 is 7.12 Å². The van der Waals surface area contributed by atoms with E-state index in [1.54, 1.807) is 0 Å². The molecule has 0 unspecified atom stereocenters. The van der Waals surface area contributed by atoms with E-state index < -0.39 is 18.3 Å². The van der Waals surface area contributed by atoms with Crippen molar-refractivity contribution < 1.29 is 19.2 Å². The first kappa shape index (κ1) is 19.1. The summed E-state index contributed by atoms with van der Waals surface area (Å²) in [5.74, 6) is 0.693. The molecular weight excluding hydrogens is 323 g/mol. The third kappa shape index (κ3) is 4.05. The molecule has 0 aliphatic carbocycles. The van der Waals surface area contributed by atoms with Gasteiger partial charge in [0.15, 0.2) is 5.12 Å². The number of phenols is 1. The smallest absolute Gasteiger partial charge is 0.491 e. The Kier molecular flexibility index (Phi) is 5.52. The van der Waals surface area contributed by atoms with E-state index in [0.29, 0.717) is 11.3 Å². The van der Waals surface area contributed by atoms with Crippen molar-refractivity contribution in [3.05, 3.63) is 34.8 Å². The van der Waals surface area contributed by atoms with Gasteiger partial charge in [0.05, 0.1) is 11.2 Å². The number of benzene rings is 1. The molecular formula is C18H25BO4S. The number of para-hydroxylation sites is 1. The summed E-state index contributed by atoms with van der Waals surface area (Å²) in [7, 11) is -0.540. The van der Waals surface area contributed by atoms with Gasteiger partial charge in [-0.15, -0.1) is 0 Å². The number of hydrogen-bond donors (Lipinski definition) is 1. The van der Waals surface area contributed by atoms with Gasteiger partial charge in [-0.3, -0.25) is 4.79 Å². The summed E-state index contributed by atoms with van der Waals surface area (Å²) >= 11 is 1.21. The molecule has 0 atom stereocenters. The first-order valence-electron chi connectivity index (χ1n) is 8.01. The van der Waals surface area contributed by atoms with Crippen LogP contribution in [0.1, 0.15) is 45.7 Å². The highest BCUT2D eigenvalue weighted by atomic mass is 32.2. The fourth-order valence-electron chi connectivity index (χ4n) is 2.36. The molecule has 2 rings (SSSR count). The second-order valence-corrected chi connectivity index (χ2v) is 8.25. The maximum atomic E-state index is 11.4. The van der Waals surface area contributed by atoms with Crippen LogP contribution in [0.2, 0.25) is 0 Å². The van der Waals surface area contributed by atoms with Crippen LogP contribution in [-0.2, 0) is 14.1 Å². The normalized spacial score (nSPS) is 19.6. The number of phenolic OH excluding ortho intramolecular Hbond substituents is 1. The minimum absolute atomic E-state index is 0.0332. The van der Waals surface area contributed by atoms with Crippen LogP contribution in [0.15, 0.2) is 23.7 Å². The van der Waals surface area contributed by atoms with Crippen LogP contribution in [-0.4, -0.2) is 34.3 Å². The van der Waals surface area contributed by atoms with Gasteiger partial charge < -0.3 is 14.4 Å². The third-order valence-electron chi connectivity index (χ3n) is 4.61. The van der Waals surface area contributed by atoms with Gasteiger partial charge in [0, 0.05) is 18.2 Å². The molecule has 1 aliphatic heterocycles. The van der Waals surface area contributed by atoms with Crippen molar-refractivity contribution in [1.29, 1.82) is 0 Å². The van der Waals surface area contributed by atoms with Gasteiger partial charge in [0.25, 0.3) is 0 Å². The van der Waals surface area contributed by atoms with E-state index in [4.69, 9.17) is 9.31 Å². The van der Waals surface area contributed by atoms with Crippen molar-refractivity contribution in [3.63, 3.8) is 0 Å². The van der Waals surface area contributed by atoms with E-state index in [9.17, 15) is 9.90 Å². The van der Waals surface area contributed by atoms with Crippen molar-refractivity contribution in [3.8, 4) is 5.75 Å². The predicted molar refractivity (Wildman–Crippen MR) is 100 cm³/mol. The quantitative estimate of drug-likeness (QED) is 0.834. The van der Waals surface area contributed by atoms with Gasteiger partial charge in [-0.25, -0.2) is 0 Å². The van der Waals surface area contributed by atoms with Crippen molar-refractivity contribution in [2.45, 2.75) is 52.7 Å². The van der Waals surface area contributed by atoms with Crippen molar-refractivity contribution in [1.82, 2.24) is 0 Å².